The summed E-state index contributed by atoms with van der Waals surface area (Å²) in [5.41, 5.74) is 2.12. The highest BCUT2D eigenvalue weighted by molar-refractivity contribution is 5.40. The summed E-state index contributed by atoms with van der Waals surface area (Å²) < 4.78 is 0. The van der Waals surface area contributed by atoms with E-state index in [0.717, 1.165) is 24.5 Å². The lowest BCUT2D eigenvalue weighted by Crippen LogP contribution is -2.23. The van der Waals surface area contributed by atoms with E-state index in [9.17, 15) is 5.11 Å². The molecule has 0 unspecified atom stereocenters. The van der Waals surface area contributed by atoms with E-state index >= 15 is 0 Å². The zero-order valence-corrected chi connectivity index (χ0v) is 11.5. The maximum absolute atomic E-state index is 9.49. The van der Waals surface area contributed by atoms with Gasteiger partial charge in [0.05, 0.1) is 6.10 Å². The maximum atomic E-state index is 9.49. The van der Waals surface area contributed by atoms with E-state index < -0.39 is 6.10 Å². The zero-order chi connectivity index (χ0) is 13.7. The van der Waals surface area contributed by atoms with E-state index in [2.05, 4.69) is 28.9 Å². The number of anilines is 1. The summed E-state index contributed by atoms with van der Waals surface area (Å²) >= 11 is 0. The molecule has 0 saturated carbocycles. The van der Waals surface area contributed by atoms with Gasteiger partial charge in [0.1, 0.15) is 5.82 Å². The molecular formula is C16H20N2O. The maximum Gasteiger partial charge on any atom is 0.128 e. The molecule has 0 radical (unpaired) electrons. The molecule has 0 aliphatic heterocycles. The van der Waals surface area contributed by atoms with E-state index in [1.54, 1.807) is 13.1 Å². The zero-order valence-electron chi connectivity index (χ0n) is 11.5. The Balaban J connectivity index is 2.13. The van der Waals surface area contributed by atoms with Crippen molar-refractivity contribution in [1.29, 1.82) is 0 Å². The molecule has 0 spiro atoms. The summed E-state index contributed by atoms with van der Waals surface area (Å²) in [6, 6.07) is 14.3. The highest BCUT2D eigenvalue weighted by Gasteiger charge is 2.07. The lowest BCUT2D eigenvalue weighted by Gasteiger charge is -2.22. The standard InChI is InChI=1S/C16H20N2O/c1-3-18(12-14-7-5-4-6-8-14)16-10-9-15(11-17-16)13(2)19/h4-11,13,19H,3,12H2,1-2H3/t13-/m1/s1. The smallest absolute Gasteiger partial charge is 0.128 e. The van der Waals surface area contributed by atoms with Gasteiger partial charge in [-0.15, -0.1) is 0 Å². The van der Waals surface area contributed by atoms with Crippen LogP contribution < -0.4 is 4.90 Å². The normalized spacial score (nSPS) is 12.2. The van der Waals surface area contributed by atoms with Crippen LogP contribution in [0.1, 0.15) is 31.1 Å². The number of pyridine rings is 1. The molecule has 2 aromatic rings. The first kappa shape index (κ1) is 13.6. The van der Waals surface area contributed by atoms with Crippen LogP contribution >= 0.6 is 0 Å². The van der Waals surface area contributed by atoms with Crippen LogP contribution in [0.3, 0.4) is 0 Å². The number of aromatic nitrogens is 1. The molecule has 1 N–H and O–H groups in total. The number of hydrogen-bond donors (Lipinski definition) is 1. The largest absolute Gasteiger partial charge is 0.389 e. The van der Waals surface area contributed by atoms with Crippen LogP contribution in [0.25, 0.3) is 0 Å². The van der Waals surface area contributed by atoms with Crippen LogP contribution in [0.15, 0.2) is 48.7 Å². The SMILES string of the molecule is CCN(Cc1ccccc1)c1ccc([C@@H](C)O)cn1. The molecule has 1 atom stereocenters. The molecule has 1 aromatic heterocycles. The molecule has 0 amide bonds. The average Bonchev–Trinajstić information content (AvgIpc) is 2.46. The third-order valence-electron chi connectivity index (χ3n) is 3.18. The van der Waals surface area contributed by atoms with Gasteiger partial charge in [-0.2, -0.15) is 0 Å². The van der Waals surface area contributed by atoms with Crippen molar-refractivity contribution in [3.05, 3.63) is 59.8 Å². The van der Waals surface area contributed by atoms with Crippen LogP contribution in [-0.2, 0) is 6.54 Å². The summed E-state index contributed by atoms with van der Waals surface area (Å²) in [6.45, 7) is 5.61. The average molecular weight is 256 g/mol. The second kappa shape index (κ2) is 6.34. The Morgan fingerprint density at radius 1 is 1.16 bits per heavy atom. The molecule has 19 heavy (non-hydrogen) atoms. The minimum Gasteiger partial charge on any atom is -0.389 e. The molecule has 0 fully saturated rings. The predicted molar refractivity (Wildman–Crippen MR) is 78.0 cm³/mol. The van der Waals surface area contributed by atoms with Gasteiger partial charge in [-0.1, -0.05) is 36.4 Å². The summed E-state index contributed by atoms with van der Waals surface area (Å²) in [5.74, 6) is 0.941. The third kappa shape index (κ3) is 3.55. The molecule has 0 aliphatic rings. The van der Waals surface area contributed by atoms with Crippen LogP contribution in [0.4, 0.5) is 5.82 Å². The Bertz CT molecular complexity index is 494. The minimum absolute atomic E-state index is 0.467. The van der Waals surface area contributed by atoms with Gasteiger partial charge in [-0.25, -0.2) is 4.98 Å². The lowest BCUT2D eigenvalue weighted by atomic mass is 10.2. The quantitative estimate of drug-likeness (QED) is 0.892. The molecule has 1 aromatic carbocycles. The van der Waals surface area contributed by atoms with Crippen LogP contribution in [0, 0.1) is 0 Å². The van der Waals surface area contributed by atoms with Gasteiger partial charge in [0.15, 0.2) is 0 Å². The molecule has 3 nitrogen and oxygen atoms in total. The number of aliphatic hydroxyl groups excluding tert-OH is 1. The van der Waals surface area contributed by atoms with Crippen molar-refractivity contribution < 1.29 is 5.11 Å². The lowest BCUT2D eigenvalue weighted by molar-refractivity contribution is 0.199. The number of rotatable bonds is 5. The number of hydrogen-bond acceptors (Lipinski definition) is 3. The van der Waals surface area contributed by atoms with E-state index in [1.165, 1.54) is 5.56 Å². The van der Waals surface area contributed by atoms with E-state index in [-0.39, 0.29) is 0 Å². The highest BCUT2D eigenvalue weighted by atomic mass is 16.3. The van der Waals surface area contributed by atoms with Gasteiger partial charge in [0, 0.05) is 19.3 Å². The van der Waals surface area contributed by atoms with Gasteiger partial charge in [-0.05, 0) is 31.0 Å². The van der Waals surface area contributed by atoms with Gasteiger partial charge in [0.2, 0.25) is 0 Å². The van der Waals surface area contributed by atoms with Crippen molar-refractivity contribution in [2.45, 2.75) is 26.5 Å². The minimum atomic E-state index is -0.467. The van der Waals surface area contributed by atoms with Crippen molar-refractivity contribution in [3.8, 4) is 0 Å². The fraction of sp³-hybridized carbons (Fsp3) is 0.312. The van der Waals surface area contributed by atoms with Crippen LogP contribution in [0.2, 0.25) is 0 Å². The second-order valence-corrected chi connectivity index (χ2v) is 4.63. The van der Waals surface area contributed by atoms with Gasteiger partial charge >= 0.3 is 0 Å². The highest BCUT2D eigenvalue weighted by Crippen LogP contribution is 2.17. The Kier molecular flexibility index (Phi) is 4.53. The monoisotopic (exact) mass is 256 g/mol. The van der Waals surface area contributed by atoms with Crippen molar-refractivity contribution in [1.82, 2.24) is 4.98 Å². The van der Waals surface area contributed by atoms with Crippen molar-refractivity contribution >= 4 is 5.82 Å². The second-order valence-electron chi connectivity index (χ2n) is 4.63. The number of nitrogens with zero attached hydrogens (tertiary/aromatic N) is 2. The van der Waals surface area contributed by atoms with Gasteiger partial charge in [0.25, 0.3) is 0 Å². The predicted octanol–water partition coefficient (Wildman–Crippen LogP) is 3.16. The van der Waals surface area contributed by atoms with E-state index in [0.29, 0.717) is 0 Å². The molecule has 0 aliphatic carbocycles. The molecule has 2 rings (SSSR count). The Hall–Kier alpha value is -1.87. The number of aliphatic hydroxyl groups is 1. The molecule has 0 saturated heterocycles. The first-order chi connectivity index (χ1) is 9.20. The van der Waals surface area contributed by atoms with Crippen LogP contribution in [0.5, 0.6) is 0 Å². The van der Waals surface area contributed by atoms with Gasteiger partial charge < -0.3 is 10.0 Å². The van der Waals surface area contributed by atoms with E-state index in [4.69, 9.17) is 0 Å². The van der Waals surface area contributed by atoms with Crippen LogP contribution in [-0.4, -0.2) is 16.6 Å². The number of benzene rings is 1. The van der Waals surface area contributed by atoms with Crippen molar-refractivity contribution in [2.24, 2.45) is 0 Å². The molecule has 1 heterocycles. The van der Waals surface area contributed by atoms with Crippen molar-refractivity contribution in [2.75, 3.05) is 11.4 Å². The Morgan fingerprint density at radius 2 is 1.89 bits per heavy atom. The summed E-state index contributed by atoms with van der Waals surface area (Å²) in [6.07, 6.45) is 1.28. The topological polar surface area (TPSA) is 36.4 Å². The van der Waals surface area contributed by atoms with Gasteiger partial charge in [-0.3, -0.25) is 0 Å². The Labute approximate surface area is 114 Å². The molecule has 3 heteroatoms. The molecular weight excluding hydrogens is 236 g/mol. The molecule has 0 bridgehead atoms. The first-order valence-electron chi connectivity index (χ1n) is 6.63. The summed E-state index contributed by atoms with van der Waals surface area (Å²) in [7, 11) is 0. The summed E-state index contributed by atoms with van der Waals surface area (Å²) in [5, 5.41) is 9.49. The third-order valence-corrected chi connectivity index (χ3v) is 3.18. The summed E-state index contributed by atoms with van der Waals surface area (Å²) in [4.78, 5) is 6.64. The fourth-order valence-corrected chi connectivity index (χ4v) is 1.99. The fourth-order valence-electron chi connectivity index (χ4n) is 1.99. The van der Waals surface area contributed by atoms with E-state index in [1.807, 2.05) is 30.3 Å². The first-order valence-corrected chi connectivity index (χ1v) is 6.63. The Morgan fingerprint density at radius 3 is 2.42 bits per heavy atom. The van der Waals surface area contributed by atoms with Crippen molar-refractivity contribution in [3.63, 3.8) is 0 Å². The molecule has 100 valence electrons.